The molecule has 1 aromatic rings. The predicted octanol–water partition coefficient (Wildman–Crippen LogP) is 1.94. The summed E-state index contributed by atoms with van der Waals surface area (Å²) in [6, 6.07) is 1.67. The maximum absolute atomic E-state index is 10.9. The molecule has 1 atom stereocenters. The number of carboxylic acids is 1. The van der Waals surface area contributed by atoms with Gasteiger partial charge in [0.15, 0.2) is 0 Å². The van der Waals surface area contributed by atoms with Crippen molar-refractivity contribution in [3.63, 3.8) is 0 Å². The maximum atomic E-state index is 10.9. The Hall–Kier alpha value is -1.42. The number of nitrogens with zero attached hydrogens (tertiary/aromatic N) is 1. The maximum Gasteiger partial charge on any atom is 0.354 e. The minimum atomic E-state index is -0.979. The summed E-state index contributed by atoms with van der Waals surface area (Å²) in [6.07, 6.45) is 3.97. The van der Waals surface area contributed by atoms with Gasteiger partial charge in [0.25, 0.3) is 0 Å². The van der Waals surface area contributed by atoms with Gasteiger partial charge in [0.1, 0.15) is 5.69 Å². The van der Waals surface area contributed by atoms with Crippen LogP contribution in [-0.4, -0.2) is 16.1 Å². The molecule has 0 amide bonds. The predicted molar refractivity (Wildman–Crippen MR) is 56.1 cm³/mol. The number of hydrogen-bond acceptors (Lipinski definition) is 3. The van der Waals surface area contributed by atoms with Crippen LogP contribution in [0, 0.1) is 5.92 Å². The summed E-state index contributed by atoms with van der Waals surface area (Å²) >= 11 is 0. The van der Waals surface area contributed by atoms with Crippen molar-refractivity contribution >= 4 is 5.97 Å². The molecule has 1 saturated carbocycles. The molecule has 1 aliphatic carbocycles. The lowest BCUT2D eigenvalue weighted by Crippen LogP contribution is -2.23. The van der Waals surface area contributed by atoms with Crippen molar-refractivity contribution in [2.75, 3.05) is 0 Å². The molecule has 84 valence electrons. The van der Waals surface area contributed by atoms with Crippen LogP contribution in [-0.2, 0) is 16.9 Å². The monoisotopic (exact) mass is 219 g/mol. The van der Waals surface area contributed by atoms with Crippen molar-refractivity contribution in [3.05, 3.63) is 29.1 Å². The zero-order chi connectivity index (χ0) is 11.3. The Bertz CT molecular complexity index is 467. The van der Waals surface area contributed by atoms with Gasteiger partial charge in [-0.15, -0.1) is 0 Å². The molecule has 1 N–H and O–H groups in total. The molecule has 0 bridgehead atoms. The van der Waals surface area contributed by atoms with Crippen molar-refractivity contribution in [2.24, 2.45) is 5.92 Å². The summed E-state index contributed by atoms with van der Waals surface area (Å²) < 4.78 is 5.84. The Morgan fingerprint density at radius 1 is 1.62 bits per heavy atom. The van der Waals surface area contributed by atoms with Gasteiger partial charge in [-0.25, -0.2) is 9.78 Å². The van der Waals surface area contributed by atoms with Gasteiger partial charge < -0.3 is 9.84 Å². The molecule has 0 radical (unpaired) electrons. The van der Waals surface area contributed by atoms with E-state index >= 15 is 0 Å². The molecule has 4 heteroatoms. The average molecular weight is 219 g/mol. The smallest absolute Gasteiger partial charge is 0.354 e. The molecular formula is C12H13NO3. The number of ether oxygens (including phenoxy) is 1. The van der Waals surface area contributed by atoms with Gasteiger partial charge in [-0.2, -0.15) is 0 Å². The summed E-state index contributed by atoms with van der Waals surface area (Å²) in [5.74, 6) is -0.439. The van der Waals surface area contributed by atoms with Crippen LogP contribution in [0.1, 0.15) is 41.4 Å². The minimum absolute atomic E-state index is 0.108. The third-order valence-corrected chi connectivity index (χ3v) is 3.62. The minimum Gasteiger partial charge on any atom is -0.477 e. The van der Waals surface area contributed by atoms with Crippen LogP contribution in [0.3, 0.4) is 0 Å². The molecular weight excluding hydrogens is 206 g/mol. The Morgan fingerprint density at radius 2 is 2.38 bits per heavy atom. The first-order valence-electron chi connectivity index (χ1n) is 5.48. The SMILES string of the molecule is CC1(C2CC2)OCc2cnc(C(=O)O)cc21. The van der Waals surface area contributed by atoms with Crippen LogP contribution in [0.25, 0.3) is 0 Å². The van der Waals surface area contributed by atoms with E-state index in [2.05, 4.69) is 11.9 Å². The van der Waals surface area contributed by atoms with Crippen molar-refractivity contribution in [2.45, 2.75) is 32.0 Å². The first-order valence-corrected chi connectivity index (χ1v) is 5.48. The van der Waals surface area contributed by atoms with Crippen molar-refractivity contribution in [1.82, 2.24) is 4.98 Å². The molecule has 2 heterocycles. The average Bonchev–Trinajstić information content (AvgIpc) is 3.06. The Labute approximate surface area is 93.3 Å². The van der Waals surface area contributed by atoms with Gasteiger partial charge >= 0.3 is 5.97 Å². The molecule has 1 aliphatic heterocycles. The highest BCUT2D eigenvalue weighted by Crippen LogP contribution is 2.52. The summed E-state index contributed by atoms with van der Waals surface area (Å²) in [4.78, 5) is 14.8. The van der Waals surface area contributed by atoms with E-state index in [1.165, 1.54) is 12.8 Å². The van der Waals surface area contributed by atoms with E-state index in [1.807, 2.05) is 0 Å². The van der Waals surface area contributed by atoms with Gasteiger partial charge in [0.2, 0.25) is 0 Å². The lowest BCUT2D eigenvalue weighted by Gasteiger charge is -2.24. The largest absolute Gasteiger partial charge is 0.477 e. The lowest BCUT2D eigenvalue weighted by molar-refractivity contribution is -0.0406. The van der Waals surface area contributed by atoms with Gasteiger partial charge in [-0.3, -0.25) is 0 Å². The van der Waals surface area contributed by atoms with Crippen molar-refractivity contribution < 1.29 is 14.6 Å². The zero-order valence-corrected chi connectivity index (χ0v) is 9.06. The molecule has 3 rings (SSSR count). The number of hydrogen-bond donors (Lipinski definition) is 1. The normalized spacial score (nSPS) is 27.8. The summed E-state index contributed by atoms with van der Waals surface area (Å²) in [6.45, 7) is 2.61. The van der Waals surface area contributed by atoms with E-state index in [1.54, 1.807) is 12.3 Å². The summed E-state index contributed by atoms with van der Waals surface area (Å²) in [5, 5.41) is 8.94. The van der Waals surface area contributed by atoms with Crippen molar-refractivity contribution in [1.29, 1.82) is 0 Å². The molecule has 0 aromatic carbocycles. The van der Waals surface area contributed by atoms with Gasteiger partial charge in [-0.05, 0) is 37.3 Å². The Balaban J connectivity index is 2.09. The third-order valence-electron chi connectivity index (χ3n) is 3.62. The van der Waals surface area contributed by atoms with E-state index in [0.717, 1.165) is 11.1 Å². The number of aromatic carboxylic acids is 1. The van der Waals surface area contributed by atoms with E-state index in [9.17, 15) is 4.79 Å². The number of rotatable bonds is 2. The van der Waals surface area contributed by atoms with E-state index in [4.69, 9.17) is 9.84 Å². The highest BCUT2D eigenvalue weighted by atomic mass is 16.5. The lowest BCUT2D eigenvalue weighted by atomic mass is 9.90. The topological polar surface area (TPSA) is 59.4 Å². The van der Waals surface area contributed by atoms with Crippen LogP contribution in [0.15, 0.2) is 12.3 Å². The van der Waals surface area contributed by atoms with Crippen molar-refractivity contribution in [3.8, 4) is 0 Å². The molecule has 2 aliphatic rings. The van der Waals surface area contributed by atoms with E-state index in [0.29, 0.717) is 12.5 Å². The van der Waals surface area contributed by atoms with Crippen LogP contribution in [0.5, 0.6) is 0 Å². The van der Waals surface area contributed by atoms with Gasteiger partial charge in [-0.1, -0.05) is 0 Å². The molecule has 0 spiro atoms. The first-order chi connectivity index (χ1) is 7.61. The number of pyridine rings is 1. The van der Waals surface area contributed by atoms with Crippen LogP contribution in [0.2, 0.25) is 0 Å². The summed E-state index contributed by atoms with van der Waals surface area (Å²) in [5.41, 5.74) is 1.86. The quantitative estimate of drug-likeness (QED) is 0.825. The first kappa shape index (κ1) is 9.78. The Morgan fingerprint density at radius 3 is 3.00 bits per heavy atom. The standard InChI is InChI=1S/C12H13NO3/c1-12(8-2-3-8)9-4-10(11(14)15)13-5-7(9)6-16-12/h4-5,8H,2-3,6H2,1H3,(H,14,15). The number of carbonyl (C=O) groups is 1. The molecule has 4 nitrogen and oxygen atoms in total. The highest BCUT2D eigenvalue weighted by Gasteiger charge is 2.48. The second-order valence-corrected chi connectivity index (χ2v) is 4.70. The molecule has 16 heavy (non-hydrogen) atoms. The van der Waals surface area contributed by atoms with Gasteiger partial charge in [0.05, 0.1) is 12.2 Å². The van der Waals surface area contributed by atoms with E-state index in [-0.39, 0.29) is 11.3 Å². The second-order valence-electron chi connectivity index (χ2n) is 4.70. The van der Waals surface area contributed by atoms with Crippen LogP contribution in [0.4, 0.5) is 0 Å². The fourth-order valence-electron chi connectivity index (χ4n) is 2.46. The summed E-state index contributed by atoms with van der Waals surface area (Å²) in [7, 11) is 0. The highest BCUT2D eigenvalue weighted by molar-refractivity contribution is 5.85. The fraction of sp³-hybridized carbons (Fsp3) is 0.500. The number of carboxylic acid groups (broad SMARTS) is 1. The van der Waals surface area contributed by atoms with Gasteiger partial charge in [0, 0.05) is 11.8 Å². The second kappa shape index (κ2) is 3.04. The zero-order valence-electron chi connectivity index (χ0n) is 9.06. The van der Waals surface area contributed by atoms with Crippen LogP contribution >= 0.6 is 0 Å². The molecule has 1 fully saturated rings. The Kier molecular flexibility index (Phi) is 1.86. The fourth-order valence-corrected chi connectivity index (χ4v) is 2.46. The third kappa shape index (κ3) is 1.26. The molecule has 1 aromatic heterocycles. The number of fused-ring (bicyclic) bond motifs is 1. The van der Waals surface area contributed by atoms with Crippen LogP contribution < -0.4 is 0 Å². The number of aromatic nitrogens is 1. The molecule has 1 unspecified atom stereocenters. The van der Waals surface area contributed by atoms with E-state index < -0.39 is 5.97 Å². The molecule has 0 saturated heterocycles.